The second kappa shape index (κ2) is 5.87. The highest BCUT2D eigenvalue weighted by Gasteiger charge is 2.22. The van der Waals surface area contributed by atoms with Gasteiger partial charge in [0.2, 0.25) is 5.91 Å². The molecule has 0 unspecified atom stereocenters. The van der Waals surface area contributed by atoms with Crippen LogP contribution in [0.3, 0.4) is 0 Å². The molecule has 0 atom stereocenters. The Morgan fingerprint density at radius 1 is 1.38 bits per heavy atom. The van der Waals surface area contributed by atoms with Crippen LogP contribution in [0, 0.1) is 0 Å². The van der Waals surface area contributed by atoms with Crippen LogP contribution in [-0.2, 0) is 4.79 Å². The molecule has 1 aromatic carbocycles. The Labute approximate surface area is 127 Å². The van der Waals surface area contributed by atoms with Crippen LogP contribution in [0.25, 0.3) is 10.2 Å². The molecule has 1 aliphatic rings. The maximum Gasteiger partial charge on any atom is 0.222 e. The van der Waals surface area contributed by atoms with E-state index < -0.39 is 0 Å². The summed E-state index contributed by atoms with van der Waals surface area (Å²) in [5, 5.41) is 0.720. The second-order valence-electron chi connectivity index (χ2n) is 5.01. The molecule has 3 N–H and O–H groups in total. The minimum Gasteiger partial charge on any atom is -0.366 e. The molecular formula is C14H19N5OS. The zero-order valence-electron chi connectivity index (χ0n) is 12.0. The topological polar surface area (TPSA) is 74.5 Å². The lowest BCUT2D eigenvalue weighted by molar-refractivity contribution is -0.131. The summed E-state index contributed by atoms with van der Waals surface area (Å²) in [6.07, 6.45) is 0.577. The summed E-state index contributed by atoms with van der Waals surface area (Å²) in [6.45, 7) is 5.14. The molecule has 7 heteroatoms. The van der Waals surface area contributed by atoms with Crippen molar-refractivity contribution in [3.8, 4) is 0 Å². The van der Waals surface area contributed by atoms with Crippen molar-refractivity contribution >= 4 is 38.3 Å². The van der Waals surface area contributed by atoms with Crippen molar-refractivity contribution in [3.05, 3.63) is 18.2 Å². The third kappa shape index (κ3) is 2.66. The fraction of sp³-hybridized carbons (Fsp3) is 0.429. The van der Waals surface area contributed by atoms with Gasteiger partial charge in [-0.05, 0) is 12.1 Å². The van der Waals surface area contributed by atoms with Gasteiger partial charge in [-0.1, -0.05) is 24.3 Å². The van der Waals surface area contributed by atoms with E-state index in [1.54, 1.807) is 11.3 Å². The highest BCUT2D eigenvalue weighted by Crippen LogP contribution is 2.32. The number of hydrogen-bond acceptors (Lipinski definition) is 6. The number of amides is 1. The number of rotatable bonds is 3. The minimum absolute atomic E-state index is 0.233. The van der Waals surface area contributed by atoms with Gasteiger partial charge in [0.1, 0.15) is 5.52 Å². The smallest absolute Gasteiger partial charge is 0.222 e. The highest BCUT2D eigenvalue weighted by molar-refractivity contribution is 7.22. The summed E-state index contributed by atoms with van der Waals surface area (Å²) in [7, 11) is 0. The van der Waals surface area contributed by atoms with Crippen molar-refractivity contribution in [2.75, 3.05) is 36.5 Å². The number of nitrogens with one attached hydrogen (secondary N) is 1. The van der Waals surface area contributed by atoms with Crippen molar-refractivity contribution in [3.63, 3.8) is 0 Å². The van der Waals surface area contributed by atoms with Gasteiger partial charge in [-0.15, -0.1) is 0 Å². The summed E-state index contributed by atoms with van der Waals surface area (Å²) in [5.41, 5.74) is 4.71. The third-order valence-corrected chi connectivity index (χ3v) is 4.75. The molecule has 0 saturated carbocycles. The summed E-state index contributed by atoms with van der Waals surface area (Å²) >= 11 is 1.55. The summed E-state index contributed by atoms with van der Waals surface area (Å²) in [6, 6.07) is 6.17. The van der Waals surface area contributed by atoms with Crippen LogP contribution in [0.1, 0.15) is 13.3 Å². The molecule has 1 aromatic heterocycles. The molecule has 0 spiro atoms. The fourth-order valence-corrected chi connectivity index (χ4v) is 3.47. The monoisotopic (exact) mass is 305 g/mol. The number of carbonyl (C=O) groups is 1. The van der Waals surface area contributed by atoms with Crippen LogP contribution < -0.4 is 16.2 Å². The van der Waals surface area contributed by atoms with Crippen LogP contribution in [-0.4, -0.2) is 42.0 Å². The van der Waals surface area contributed by atoms with Gasteiger partial charge < -0.3 is 9.80 Å². The quantitative estimate of drug-likeness (QED) is 0.666. The second-order valence-corrected chi connectivity index (χ2v) is 6.04. The van der Waals surface area contributed by atoms with E-state index in [-0.39, 0.29) is 5.91 Å². The number of para-hydroxylation sites is 1. The summed E-state index contributed by atoms with van der Waals surface area (Å²) in [4.78, 5) is 20.5. The molecule has 0 bridgehead atoms. The van der Waals surface area contributed by atoms with E-state index in [9.17, 15) is 4.79 Å². The number of hydrogen-bond donors (Lipinski definition) is 2. The first kappa shape index (κ1) is 14.1. The first-order chi connectivity index (χ1) is 10.2. The zero-order valence-corrected chi connectivity index (χ0v) is 12.8. The summed E-state index contributed by atoms with van der Waals surface area (Å²) < 4.78 is 1.12. The van der Waals surface area contributed by atoms with E-state index >= 15 is 0 Å². The number of nitrogen functional groups attached to an aromatic ring is 1. The van der Waals surface area contributed by atoms with Crippen molar-refractivity contribution in [1.29, 1.82) is 0 Å². The molecular weight excluding hydrogens is 286 g/mol. The first-order valence-corrected chi connectivity index (χ1v) is 7.93. The van der Waals surface area contributed by atoms with E-state index in [1.807, 2.05) is 24.0 Å². The largest absolute Gasteiger partial charge is 0.366 e. The number of carbonyl (C=O) groups excluding carboxylic acids is 1. The minimum atomic E-state index is 0.233. The van der Waals surface area contributed by atoms with Crippen LogP contribution in [0.5, 0.6) is 0 Å². The number of hydrazine groups is 1. The number of nitrogens with two attached hydrogens (primary N) is 1. The molecule has 1 aliphatic heterocycles. The van der Waals surface area contributed by atoms with Crippen molar-refractivity contribution in [1.82, 2.24) is 9.88 Å². The van der Waals surface area contributed by atoms with Gasteiger partial charge in [-0.2, -0.15) is 0 Å². The Balaban J connectivity index is 1.82. The maximum atomic E-state index is 11.7. The zero-order chi connectivity index (χ0) is 14.8. The number of nitrogens with zero attached hydrogens (tertiary/aromatic N) is 3. The van der Waals surface area contributed by atoms with Gasteiger partial charge in [-0.3, -0.25) is 10.2 Å². The van der Waals surface area contributed by atoms with Gasteiger partial charge in [-0.25, -0.2) is 10.8 Å². The Morgan fingerprint density at radius 2 is 2.14 bits per heavy atom. The third-order valence-electron chi connectivity index (χ3n) is 3.80. The van der Waals surface area contributed by atoms with Gasteiger partial charge >= 0.3 is 0 Å². The average molecular weight is 305 g/mol. The van der Waals surface area contributed by atoms with Gasteiger partial charge in [0.05, 0.1) is 10.4 Å². The Bertz CT molecular complexity index is 648. The molecule has 1 fully saturated rings. The Hall–Kier alpha value is -1.86. The number of piperazine rings is 1. The van der Waals surface area contributed by atoms with E-state index in [1.165, 1.54) is 0 Å². The highest BCUT2D eigenvalue weighted by atomic mass is 32.1. The molecule has 1 amide bonds. The SMILES string of the molecule is CCC(=O)N1CCN(c2cccc3sc(NN)nc23)CC1. The van der Waals surface area contributed by atoms with Crippen LogP contribution >= 0.6 is 11.3 Å². The fourth-order valence-electron chi connectivity index (χ4n) is 2.67. The van der Waals surface area contributed by atoms with Crippen molar-refractivity contribution < 1.29 is 4.79 Å². The molecule has 0 radical (unpaired) electrons. The standard InChI is InChI=1S/C14H19N5OS/c1-2-12(20)19-8-6-18(7-9-19)10-4-3-5-11-13(10)16-14(17-15)21-11/h3-5H,2,6-9,15H2,1H3,(H,16,17). The van der Waals surface area contributed by atoms with Crippen LogP contribution in [0.15, 0.2) is 18.2 Å². The number of anilines is 2. The predicted molar refractivity (Wildman–Crippen MR) is 86.5 cm³/mol. The van der Waals surface area contributed by atoms with Crippen molar-refractivity contribution in [2.24, 2.45) is 5.84 Å². The Morgan fingerprint density at radius 3 is 2.81 bits per heavy atom. The van der Waals surface area contributed by atoms with Gasteiger partial charge in [0, 0.05) is 32.6 Å². The van der Waals surface area contributed by atoms with Crippen LogP contribution in [0.4, 0.5) is 10.8 Å². The lowest BCUT2D eigenvalue weighted by Crippen LogP contribution is -2.48. The molecule has 6 nitrogen and oxygen atoms in total. The molecule has 2 heterocycles. The summed E-state index contributed by atoms with van der Waals surface area (Å²) in [5.74, 6) is 5.68. The number of benzene rings is 1. The molecule has 0 aliphatic carbocycles. The molecule has 2 aromatic rings. The van der Waals surface area contributed by atoms with Gasteiger partial charge in [0.25, 0.3) is 0 Å². The predicted octanol–water partition coefficient (Wildman–Crippen LogP) is 1.64. The molecule has 21 heavy (non-hydrogen) atoms. The normalized spacial score (nSPS) is 15.5. The molecule has 1 saturated heterocycles. The average Bonchev–Trinajstić information content (AvgIpc) is 2.97. The van der Waals surface area contributed by atoms with E-state index in [4.69, 9.17) is 5.84 Å². The molecule has 3 rings (SSSR count). The van der Waals surface area contributed by atoms with E-state index in [0.29, 0.717) is 6.42 Å². The number of aromatic nitrogens is 1. The van der Waals surface area contributed by atoms with Crippen LogP contribution in [0.2, 0.25) is 0 Å². The van der Waals surface area contributed by atoms with Crippen molar-refractivity contribution in [2.45, 2.75) is 13.3 Å². The number of fused-ring (bicyclic) bond motifs is 1. The lowest BCUT2D eigenvalue weighted by atomic mass is 10.2. The molecule has 112 valence electrons. The van der Waals surface area contributed by atoms with E-state index in [0.717, 1.165) is 47.2 Å². The Kier molecular flexibility index (Phi) is 3.94. The van der Waals surface area contributed by atoms with Gasteiger partial charge in [0.15, 0.2) is 5.13 Å². The first-order valence-electron chi connectivity index (χ1n) is 7.12. The van der Waals surface area contributed by atoms with E-state index in [2.05, 4.69) is 21.4 Å². The maximum absolute atomic E-state index is 11.7. The lowest BCUT2D eigenvalue weighted by Gasteiger charge is -2.36. The number of thiazole rings is 1.